The van der Waals surface area contributed by atoms with Crippen molar-refractivity contribution in [1.82, 2.24) is 0 Å². The van der Waals surface area contributed by atoms with E-state index in [4.69, 9.17) is 0 Å². The Morgan fingerprint density at radius 1 is 1.00 bits per heavy atom. The van der Waals surface area contributed by atoms with Crippen molar-refractivity contribution in [1.29, 1.82) is 5.26 Å². The van der Waals surface area contributed by atoms with Crippen LogP contribution < -0.4 is 0 Å². The summed E-state index contributed by atoms with van der Waals surface area (Å²) in [4.78, 5) is 11.7. The van der Waals surface area contributed by atoms with Gasteiger partial charge in [0.1, 0.15) is 0 Å². The second-order valence-corrected chi connectivity index (χ2v) is 23.9. The molecule has 170 valence electrons. The summed E-state index contributed by atoms with van der Waals surface area (Å²) in [6.07, 6.45) is 14.2. The summed E-state index contributed by atoms with van der Waals surface area (Å²) in [6, 6.07) is 4.79. The first-order chi connectivity index (χ1) is 14.5. The summed E-state index contributed by atoms with van der Waals surface area (Å²) in [5.74, 6) is -0.799. The molecule has 1 heterocycles. The molecule has 0 spiro atoms. The fourth-order valence-electron chi connectivity index (χ4n) is 4.73. The van der Waals surface area contributed by atoms with Crippen LogP contribution in [0.2, 0.25) is 17.2 Å². The number of unbranched alkanes of at least 4 members (excludes halogenated alkanes) is 6. The maximum atomic E-state index is 11.2. The van der Waals surface area contributed by atoms with Crippen molar-refractivity contribution < 1.29 is 9.90 Å². The van der Waals surface area contributed by atoms with Crippen LogP contribution in [0.1, 0.15) is 107 Å². The van der Waals surface area contributed by atoms with E-state index in [9.17, 15) is 15.2 Å². The van der Waals surface area contributed by atoms with Gasteiger partial charge in [0.25, 0.3) is 0 Å². The summed E-state index contributed by atoms with van der Waals surface area (Å²) in [5.41, 5.74) is 0.983. The number of aryl methyl sites for hydroxylation is 1. The topological polar surface area (TPSA) is 61.1 Å². The van der Waals surface area contributed by atoms with E-state index in [-0.39, 0.29) is 0 Å². The molecule has 1 aromatic rings. The van der Waals surface area contributed by atoms with Gasteiger partial charge < -0.3 is 0 Å². The van der Waals surface area contributed by atoms with Gasteiger partial charge in [0.2, 0.25) is 0 Å². The van der Waals surface area contributed by atoms with Gasteiger partial charge in [-0.3, -0.25) is 0 Å². The number of rotatable bonds is 18. The third-order valence-corrected chi connectivity index (χ3v) is 24.5. The summed E-state index contributed by atoms with van der Waals surface area (Å²) in [7, 11) is 0. The molecule has 3 nitrogen and oxygen atoms in total. The molecule has 0 amide bonds. The Hall–Kier alpha value is -0.541. The summed E-state index contributed by atoms with van der Waals surface area (Å²) < 4.78 is 4.64. The van der Waals surface area contributed by atoms with Crippen molar-refractivity contribution in [3.63, 3.8) is 0 Å². The molecule has 30 heavy (non-hydrogen) atoms. The minimum absolute atomic E-state index is 0.388. The van der Waals surface area contributed by atoms with E-state index in [1.54, 1.807) is 0 Å². The van der Waals surface area contributed by atoms with Gasteiger partial charge in [0.05, 0.1) is 0 Å². The zero-order valence-corrected chi connectivity index (χ0v) is 23.2. The van der Waals surface area contributed by atoms with E-state index in [2.05, 4.69) is 26.8 Å². The van der Waals surface area contributed by atoms with Crippen molar-refractivity contribution in [2.24, 2.45) is 0 Å². The van der Waals surface area contributed by atoms with Crippen LogP contribution in [0, 0.1) is 11.3 Å². The number of carbonyl (C=O) groups is 1. The summed E-state index contributed by atoms with van der Waals surface area (Å²) in [5, 5.41) is 21.2. The molecular formula is C25H43NO2SSn. The molecule has 0 saturated heterocycles. The number of hydrogen-bond acceptors (Lipinski definition) is 3. The molecule has 0 fully saturated rings. The number of aromatic carboxylic acids is 1. The molecule has 1 atom stereocenters. The van der Waals surface area contributed by atoms with E-state index in [1.807, 2.05) is 11.4 Å². The van der Waals surface area contributed by atoms with Crippen LogP contribution >= 0.6 is 11.3 Å². The van der Waals surface area contributed by atoms with Gasteiger partial charge in [-0.05, 0) is 0 Å². The van der Waals surface area contributed by atoms with Crippen molar-refractivity contribution in [2.75, 3.05) is 0 Å². The average molecular weight is 540 g/mol. The SMILES string of the molecule is CCC[CH2][Sn]([CH2]CCC)([CH2]CCC)[CH](C#N)CCCCCCc1ccsc1C(=O)O. The molecule has 1 unspecified atom stereocenters. The van der Waals surface area contributed by atoms with Gasteiger partial charge >= 0.3 is 194 Å². The van der Waals surface area contributed by atoms with Crippen molar-refractivity contribution in [2.45, 2.75) is 115 Å². The Morgan fingerprint density at radius 3 is 2.07 bits per heavy atom. The van der Waals surface area contributed by atoms with Crippen LogP contribution in [-0.4, -0.2) is 29.5 Å². The molecule has 5 heteroatoms. The second-order valence-electron chi connectivity index (χ2n) is 8.89. The van der Waals surface area contributed by atoms with Crippen LogP contribution in [0.3, 0.4) is 0 Å². The average Bonchev–Trinajstić information content (AvgIpc) is 3.22. The Labute approximate surface area is 193 Å². The van der Waals surface area contributed by atoms with E-state index in [1.165, 1.54) is 69.6 Å². The van der Waals surface area contributed by atoms with Gasteiger partial charge in [-0.1, -0.05) is 0 Å². The Bertz CT molecular complexity index is 616. The first-order valence-corrected chi connectivity index (χ1v) is 20.8. The molecule has 0 aliphatic rings. The number of hydrogen-bond donors (Lipinski definition) is 1. The number of carboxylic acids is 1. The number of thiophene rings is 1. The number of nitriles is 1. The van der Waals surface area contributed by atoms with Gasteiger partial charge in [-0.15, -0.1) is 0 Å². The molecule has 0 aliphatic carbocycles. The van der Waals surface area contributed by atoms with Gasteiger partial charge in [0.15, 0.2) is 0 Å². The molecule has 1 rings (SSSR count). The summed E-state index contributed by atoms with van der Waals surface area (Å²) >= 11 is -1.12. The van der Waals surface area contributed by atoms with E-state index in [0.717, 1.165) is 37.7 Å². The van der Waals surface area contributed by atoms with E-state index >= 15 is 0 Å². The quantitative estimate of drug-likeness (QED) is 0.150. The van der Waals surface area contributed by atoms with Gasteiger partial charge in [-0.2, -0.15) is 0 Å². The van der Waals surface area contributed by atoms with Crippen LogP contribution in [0.5, 0.6) is 0 Å². The van der Waals surface area contributed by atoms with Crippen molar-refractivity contribution in [3.8, 4) is 6.07 Å². The first kappa shape index (κ1) is 27.5. The molecule has 0 aliphatic heterocycles. The summed E-state index contributed by atoms with van der Waals surface area (Å²) in [6.45, 7) is 6.88. The third-order valence-electron chi connectivity index (χ3n) is 6.61. The zero-order chi connectivity index (χ0) is 22.2. The molecule has 1 aromatic heterocycles. The maximum absolute atomic E-state index is 11.2. The Morgan fingerprint density at radius 2 is 1.57 bits per heavy atom. The zero-order valence-electron chi connectivity index (χ0n) is 19.5. The second kappa shape index (κ2) is 16.1. The van der Waals surface area contributed by atoms with Crippen LogP contribution in [0.4, 0.5) is 0 Å². The van der Waals surface area contributed by atoms with Crippen molar-refractivity contribution in [3.05, 3.63) is 21.9 Å². The van der Waals surface area contributed by atoms with Crippen LogP contribution in [0.25, 0.3) is 0 Å². The standard InChI is InChI=1S/C13H16NO2S.3C4H9.Sn/c14-9-6-4-2-1-3-5-7-11-8-10-17-12(11)13(15)16;3*1-3-4-2;/h6,8,10H,1-5,7H2,(H,15,16);3*1,3-4H2,2H3;. The third kappa shape index (κ3) is 9.30. The normalized spacial score (nSPS) is 12.6. The molecule has 0 bridgehead atoms. The molecule has 0 saturated carbocycles. The predicted molar refractivity (Wildman–Crippen MR) is 132 cm³/mol. The van der Waals surface area contributed by atoms with Gasteiger partial charge in [-0.25, -0.2) is 0 Å². The predicted octanol–water partition coefficient (Wildman–Crippen LogP) is 8.68. The molecule has 0 radical (unpaired) electrons. The monoisotopic (exact) mass is 541 g/mol. The van der Waals surface area contributed by atoms with Crippen molar-refractivity contribution >= 4 is 35.7 Å². The van der Waals surface area contributed by atoms with E-state index in [0.29, 0.717) is 8.81 Å². The Balaban J connectivity index is 2.56. The molecule has 0 aromatic carbocycles. The van der Waals surface area contributed by atoms with Gasteiger partial charge in [0, 0.05) is 0 Å². The fourth-order valence-corrected chi connectivity index (χ4v) is 22.8. The number of nitrogens with zero attached hydrogens (tertiary/aromatic N) is 1. The Kier molecular flexibility index (Phi) is 14.8. The minimum atomic E-state index is -2.44. The fraction of sp³-hybridized carbons (Fsp3) is 0.760. The molecular weight excluding hydrogens is 497 g/mol. The number of carboxylic acid groups (broad SMARTS) is 1. The van der Waals surface area contributed by atoms with Crippen LogP contribution in [-0.2, 0) is 6.42 Å². The molecule has 1 N–H and O–H groups in total. The first-order valence-electron chi connectivity index (χ1n) is 12.2. The van der Waals surface area contributed by atoms with Crippen LogP contribution in [0.15, 0.2) is 11.4 Å². The van der Waals surface area contributed by atoms with E-state index < -0.39 is 24.3 Å².